The quantitative estimate of drug-likeness (QED) is 0.229. The summed E-state index contributed by atoms with van der Waals surface area (Å²) in [6.07, 6.45) is 0. The van der Waals surface area contributed by atoms with E-state index in [-0.39, 0.29) is 5.60 Å². The highest BCUT2D eigenvalue weighted by Gasteiger charge is 2.19. The Bertz CT molecular complexity index is 1690. The van der Waals surface area contributed by atoms with Crippen molar-refractivity contribution in [2.24, 2.45) is 0 Å². The summed E-state index contributed by atoms with van der Waals surface area (Å²) in [5, 5.41) is 5.07. The Kier molecular flexibility index (Phi) is 5.77. The molecule has 0 unspecified atom stereocenters. The van der Waals surface area contributed by atoms with E-state index < -0.39 is 0 Å². The van der Waals surface area contributed by atoms with Crippen molar-refractivity contribution in [2.75, 3.05) is 0 Å². The van der Waals surface area contributed by atoms with E-state index in [2.05, 4.69) is 148 Å². The molecule has 0 aliphatic heterocycles. The molecule has 0 radical (unpaired) electrons. The van der Waals surface area contributed by atoms with Crippen LogP contribution in [0, 0.1) is 0 Å². The molecule has 6 rings (SSSR count). The molecule has 6 aromatic rings. The van der Waals surface area contributed by atoms with Gasteiger partial charge in [-0.3, -0.25) is 0 Å². The average molecular weight is 479 g/mol. The van der Waals surface area contributed by atoms with Crippen molar-refractivity contribution >= 4 is 21.5 Å². The molecule has 0 heterocycles. The van der Waals surface area contributed by atoms with Crippen LogP contribution in [0.15, 0.2) is 127 Å². The first kappa shape index (κ1) is 23.1. The van der Waals surface area contributed by atoms with Crippen LogP contribution in [0.3, 0.4) is 0 Å². The maximum Gasteiger partial charge on any atom is 0.120 e. The van der Waals surface area contributed by atoms with Gasteiger partial charge in [-0.05, 0) is 87.8 Å². The summed E-state index contributed by atoms with van der Waals surface area (Å²) in [7, 11) is 0. The van der Waals surface area contributed by atoms with Gasteiger partial charge >= 0.3 is 0 Å². The fourth-order valence-corrected chi connectivity index (χ4v) is 5.35. The molecule has 0 aliphatic rings. The van der Waals surface area contributed by atoms with Gasteiger partial charge in [0.05, 0.1) is 0 Å². The molecule has 180 valence electrons. The SMILES string of the molecule is CC(C)(C)Oc1ccc(-c2cccc3c(-c4ccccc4)c4ccccc4c(-c4ccccc4)c23)cc1. The summed E-state index contributed by atoms with van der Waals surface area (Å²) in [5.41, 5.74) is 7.18. The number of hydrogen-bond donors (Lipinski definition) is 0. The number of hydrogen-bond acceptors (Lipinski definition) is 1. The van der Waals surface area contributed by atoms with Crippen molar-refractivity contribution < 1.29 is 4.74 Å². The summed E-state index contributed by atoms with van der Waals surface area (Å²) >= 11 is 0. The van der Waals surface area contributed by atoms with Crippen molar-refractivity contribution in [2.45, 2.75) is 26.4 Å². The van der Waals surface area contributed by atoms with Crippen LogP contribution in [0.25, 0.3) is 54.9 Å². The average Bonchev–Trinajstić information content (AvgIpc) is 2.92. The minimum absolute atomic E-state index is 0.231. The predicted molar refractivity (Wildman–Crippen MR) is 158 cm³/mol. The topological polar surface area (TPSA) is 9.23 Å². The largest absolute Gasteiger partial charge is 0.488 e. The van der Waals surface area contributed by atoms with Crippen molar-refractivity contribution in [3.8, 4) is 39.1 Å². The van der Waals surface area contributed by atoms with Crippen LogP contribution in [0.5, 0.6) is 5.75 Å². The van der Waals surface area contributed by atoms with Crippen LogP contribution in [0.1, 0.15) is 20.8 Å². The zero-order valence-electron chi connectivity index (χ0n) is 21.5. The van der Waals surface area contributed by atoms with Gasteiger partial charge in [0.1, 0.15) is 11.4 Å². The first-order valence-corrected chi connectivity index (χ1v) is 12.9. The molecule has 0 spiro atoms. The molecule has 0 fully saturated rings. The van der Waals surface area contributed by atoms with Crippen LogP contribution < -0.4 is 4.74 Å². The Labute approximate surface area is 219 Å². The lowest BCUT2D eigenvalue weighted by atomic mass is 9.83. The summed E-state index contributed by atoms with van der Waals surface area (Å²) in [6.45, 7) is 6.23. The molecule has 6 aromatic carbocycles. The Hall–Kier alpha value is -4.36. The van der Waals surface area contributed by atoms with Gasteiger partial charge in [0.25, 0.3) is 0 Å². The van der Waals surface area contributed by atoms with E-state index in [0.29, 0.717) is 0 Å². The van der Waals surface area contributed by atoms with Crippen molar-refractivity contribution in [1.82, 2.24) is 0 Å². The first-order valence-electron chi connectivity index (χ1n) is 12.9. The standard InChI is InChI=1S/C36H30O/c1-36(2,3)37-28-23-21-25(22-24-28)29-19-12-20-32-33(26-13-6-4-7-14-26)30-17-10-11-18-31(30)34(35(29)32)27-15-8-5-9-16-27/h4-24H,1-3H3. The second kappa shape index (κ2) is 9.26. The fourth-order valence-electron chi connectivity index (χ4n) is 5.35. The Morgan fingerprint density at radius 1 is 0.432 bits per heavy atom. The summed E-state index contributed by atoms with van der Waals surface area (Å²) in [6, 6.07) is 45.6. The van der Waals surface area contributed by atoms with E-state index in [4.69, 9.17) is 4.74 Å². The molecule has 0 bridgehead atoms. The third kappa shape index (κ3) is 4.38. The highest BCUT2D eigenvalue weighted by atomic mass is 16.5. The number of ether oxygens (including phenoxy) is 1. The molecular formula is C36H30O. The van der Waals surface area contributed by atoms with Crippen LogP contribution in [-0.2, 0) is 0 Å². The molecule has 1 heteroatoms. The molecule has 0 aliphatic carbocycles. The molecule has 37 heavy (non-hydrogen) atoms. The third-order valence-corrected chi connectivity index (χ3v) is 6.76. The molecule has 0 N–H and O–H groups in total. The molecule has 1 nitrogen and oxygen atoms in total. The second-order valence-electron chi connectivity index (χ2n) is 10.5. The molecule has 0 saturated carbocycles. The van der Waals surface area contributed by atoms with E-state index in [1.807, 2.05) is 0 Å². The summed E-state index contributed by atoms with van der Waals surface area (Å²) in [4.78, 5) is 0. The molecule has 0 saturated heterocycles. The Morgan fingerprint density at radius 3 is 1.54 bits per heavy atom. The van der Waals surface area contributed by atoms with Gasteiger partial charge in [0.2, 0.25) is 0 Å². The van der Waals surface area contributed by atoms with E-state index in [1.54, 1.807) is 0 Å². The van der Waals surface area contributed by atoms with Crippen LogP contribution in [-0.4, -0.2) is 5.60 Å². The number of benzene rings is 6. The smallest absolute Gasteiger partial charge is 0.120 e. The van der Waals surface area contributed by atoms with E-state index in [1.165, 1.54) is 54.9 Å². The van der Waals surface area contributed by atoms with E-state index in [9.17, 15) is 0 Å². The van der Waals surface area contributed by atoms with Crippen LogP contribution in [0.4, 0.5) is 0 Å². The third-order valence-electron chi connectivity index (χ3n) is 6.76. The van der Waals surface area contributed by atoms with E-state index in [0.717, 1.165) is 5.75 Å². The summed E-state index contributed by atoms with van der Waals surface area (Å²) in [5.74, 6) is 0.884. The van der Waals surface area contributed by atoms with Gasteiger partial charge in [-0.2, -0.15) is 0 Å². The lowest BCUT2D eigenvalue weighted by molar-refractivity contribution is 0.131. The van der Waals surface area contributed by atoms with Gasteiger partial charge in [0.15, 0.2) is 0 Å². The first-order chi connectivity index (χ1) is 18.0. The minimum atomic E-state index is -0.231. The highest BCUT2D eigenvalue weighted by molar-refractivity contribution is 6.24. The van der Waals surface area contributed by atoms with Gasteiger partial charge < -0.3 is 4.74 Å². The maximum atomic E-state index is 6.11. The fraction of sp³-hybridized carbons (Fsp3) is 0.111. The predicted octanol–water partition coefficient (Wildman–Crippen LogP) is 10.2. The lowest BCUT2D eigenvalue weighted by Crippen LogP contribution is -2.22. The molecular weight excluding hydrogens is 448 g/mol. The summed E-state index contributed by atoms with van der Waals surface area (Å²) < 4.78 is 6.11. The van der Waals surface area contributed by atoms with Gasteiger partial charge in [-0.15, -0.1) is 0 Å². The normalized spacial score (nSPS) is 11.6. The lowest BCUT2D eigenvalue weighted by Gasteiger charge is -2.22. The van der Waals surface area contributed by atoms with Gasteiger partial charge in [-0.1, -0.05) is 115 Å². The van der Waals surface area contributed by atoms with Gasteiger partial charge in [0, 0.05) is 0 Å². The van der Waals surface area contributed by atoms with Crippen molar-refractivity contribution in [3.63, 3.8) is 0 Å². The Morgan fingerprint density at radius 2 is 0.946 bits per heavy atom. The van der Waals surface area contributed by atoms with Gasteiger partial charge in [-0.25, -0.2) is 0 Å². The number of rotatable bonds is 4. The van der Waals surface area contributed by atoms with Crippen LogP contribution in [0.2, 0.25) is 0 Å². The monoisotopic (exact) mass is 478 g/mol. The number of fused-ring (bicyclic) bond motifs is 2. The molecule has 0 atom stereocenters. The van der Waals surface area contributed by atoms with E-state index >= 15 is 0 Å². The zero-order chi connectivity index (χ0) is 25.4. The Balaban J connectivity index is 1.72. The maximum absolute atomic E-state index is 6.11. The zero-order valence-corrected chi connectivity index (χ0v) is 21.5. The van der Waals surface area contributed by atoms with Crippen LogP contribution >= 0.6 is 0 Å². The van der Waals surface area contributed by atoms with Crippen molar-refractivity contribution in [1.29, 1.82) is 0 Å². The minimum Gasteiger partial charge on any atom is -0.488 e. The molecule has 0 amide bonds. The second-order valence-corrected chi connectivity index (χ2v) is 10.5. The molecule has 0 aromatic heterocycles. The highest BCUT2D eigenvalue weighted by Crippen LogP contribution is 2.46. The van der Waals surface area contributed by atoms with Crippen molar-refractivity contribution in [3.05, 3.63) is 127 Å².